The molecular weight excluding hydrogens is 498 g/mol. The van der Waals surface area contributed by atoms with E-state index in [2.05, 4.69) is 5.32 Å². The van der Waals surface area contributed by atoms with Gasteiger partial charge in [0.15, 0.2) is 6.61 Å². The number of carbonyl (C=O) groups excluding carboxylic acids is 3. The van der Waals surface area contributed by atoms with Gasteiger partial charge in [-0.05, 0) is 48.4 Å². The number of fused-ring (bicyclic) bond motifs is 2. The molecular formula is C26H23N3O7S. The highest BCUT2D eigenvalue weighted by Gasteiger charge is 2.32. The number of nitrogens with one attached hydrogen (secondary N) is 1. The smallest absolute Gasteiger partial charge is 0.342 e. The van der Waals surface area contributed by atoms with Gasteiger partial charge in [0, 0.05) is 6.54 Å². The molecule has 0 saturated carbocycles. The van der Waals surface area contributed by atoms with Crippen LogP contribution in [0.4, 0.5) is 17.1 Å². The standard InChI is InChI=1S/C26H23N3O7S/c1-35-23-11-10-18(37(33,34)29-13-12-17-6-2-4-8-21(17)29)14-19(23)26(32)36-16-25(31)28-15-24(30)27-20-7-3-5-9-22(20)28/h2-11,14H,12-13,15-16H2,1H3,(H,27,30). The number of anilines is 3. The molecule has 2 aliphatic heterocycles. The second kappa shape index (κ2) is 9.58. The van der Waals surface area contributed by atoms with Gasteiger partial charge in [0.25, 0.3) is 15.9 Å². The number of methoxy groups -OCH3 is 1. The molecule has 1 N–H and O–H groups in total. The summed E-state index contributed by atoms with van der Waals surface area (Å²) in [5, 5.41) is 2.68. The highest BCUT2D eigenvalue weighted by molar-refractivity contribution is 7.92. The normalized spacial score (nSPS) is 14.5. The van der Waals surface area contributed by atoms with Gasteiger partial charge in [0.05, 0.1) is 29.1 Å². The molecule has 0 unspecified atom stereocenters. The largest absolute Gasteiger partial charge is 0.496 e. The number of carbonyl (C=O) groups is 3. The molecule has 2 aliphatic rings. The molecule has 2 heterocycles. The van der Waals surface area contributed by atoms with E-state index >= 15 is 0 Å². The zero-order valence-corrected chi connectivity index (χ0v) is 20.7. The number of ether oxygens (including phenoxy) is 2. The summed E-state index contributed by atoms with van der Waals surface area (Å²) in [6, 6.07) is 17.9. The van der Waals surface area contributed by atoms with Crippen molar-refractivity contribution < 1.29 is 32.3 Å². The summed E-state index contributed by atoms with van der Waals surface area (Å²) < 4.78 is 38.6. The number of benzene rings is 3. The minimum atomic E-state index is -3.97. The van der Waals surface area contributed by atoms with Crippen LogP contribution in [0.3, 0.4) is 0 Å². The summed E-state index contributed by atoms with van der Waals surface area (Å²) in [6.45, 7) is -0.589. The summed E-state index contributed by atoms with van der Waals surface area (Å²) in [5.41, 5.74) is 2.34. The average Bonchev–Trinajstić information content (AvgIpc) is 3.35. The minimum Gasteiger partial charge on any atom is -0.496 e. The lowest BCUT2D eigenvalue weighted by molar-refractivity contribution is -0.124. The fourth-order valence-corrected chi connectivity index (χ4v) is 5.96. The predicted molar refractivity (Wildman–Crippen MR) is 135 cm³/mol. The van der Waals surface area contributed by atoms with E-state index in [1.807, 2.05) is 12.1 Å². The molecule has 3 aromatic carbocycles. The van der Waals surface area contributed by atoms with Gasteiger partial charge in [-0.1, -0.05) is 30.3 Å². The quantitative estimate of drug-likeness (QED) is 0.495. The Bertz CT molecular complexity index is 1520. The van der Waals surface area contributed by atoms with Crippen molar-refractivity contribution in [2.24, 2.45) is 0 Å². The average molecular weight is 522 g/mol. The fourth-order valence-electron chi connectivity index (χ4n) is 4.43. The van der Waals surface area contributed by atoms with Gasteiger partial charge in [-0.25, -0.2) is 13.2 Å². The van der Waals surface area contributed by atoms with Crippen molar-refractivity contribution in [2.45, 2.75) is 11.3 Å². The molecule has 37 heavy (non-hydrogen) atoms. The van der Waals surface area contributed by atoms with Crippen molar-refractivity contribution in [1.29, 1.82) is 0 Å². The maximum absolute atomic E-state index is 13.4. The van der Waals surface area contributed by atoms with Crippen LogP contribution in [0.15, 0.2) is 71.6 Å². The van der Waals surface area contributed by atoms with Crippen LogP contribution in [0.2, 0.25) is 0 Å². The number of rotatable bonds is 6. The molecule has 0 aromatic heterocycles. The van der Waals surface area contributed by atoms with Gasteiger partial charge in [-0.3, -0.25) is 18.8 Å². The zero-order chi connectivity index (χ0) is 26.2. The SMILES string of the molecule is COc1ccc(S(=O)(=O)N2CCc3ccccc32)cc1C(=O)OCC(=O)N1CC(=O)Nc2ccccc21. The Hall–Kier alpha value is -4.38. The van der Waals surface area contributed by atoms with Gasteiger partial charge < -0.3 is 14.8 Å². The minimum absolute atomic E-state index is 0.0981. The van der Waals surface area contributed by atoms with Crippen LogP contribution in [0.25, 0.3) is 0 Å². The van der Waals surface area contributed by atoms with Gasteiger partial charge >= 0.3 is 5.97 Å². The van der Waals surface area contributed by atoms with Crippen LogP contribution in [0.1, 0.15) is 15.9 Å². The van der Waals surface area contributed by atoms with E-state index in [0.717, 1.165) is 5.56 Å². The van der Waals surface area contributed by atoms with Crippen molar-refractivity contribution in [3.63, 3.8) is 0 Å². The summed E-state index contributed by atoms with van der Waals surface area (Å²) in [5.74, 6) is -1.81. The lowest BCUT2D eigenvalue weighted by Gasteiger charge is -2.28. The van der Waals surface area contributed by atoms with E-state index in [4.69, 9.17) is 9.47 Å². The maximum Gasteiger partial charge on any atom is 0.342 e. The second-order valence-corrected chi connectivity index (χ2v) is 10.3. The van der Waals surface area contributed by atoms with Gasteiger partial charge in [-0.2, -0.15) is 0 Å². The van der Waals surface area contributed by atoms with Crippen molar-refractivity contribution >= 4 is 44.9 Å². The van der Waals surface area contributed by atoms with Crippen molar-refractivity contribution in [3.05, 3.63) is 77.9 Å². The third-order valence-corrected chi connectivity index (χ3v) is 8.03. The first kappa shape index (κ1) is 24.3. The second-order valence-electron chi connectivity index (χ2n) is 8.44. The fraction of sp³-hybridized carbons (Fsp3) is 0.192. The molecule has 10 nitrogen and oxygen atoms in total. The van der Waals surface area contributed by atoms with Crippen molar-refractivity contribution in [3.8, 4) is 5.75 Å². The lowest BCUT2D eigenvalue weighted by atomic mass is 10.2. The Morgan fingerprint density at radius 3 is 2.51 bits per heavy atom. The number of hydrogen-bond acceptors (Lipinski definition) is 7. The molecule has 5 rings (SSSR count). The Morgan fingerprint density at radius 1 is 1.00 bits per heavy atom. The highest BCUT2D eigenvalue weighted by Crippen LogP contribution is 2.34. The van der Waals surface area contributed by atoms with E-state index in [-0.39, 0.29) is 35.2 Å². The van der Waals surface area contributed by atoms with Crippen molar-refractivity contribution in [1.82, 2.24) is 0 Å². The van der Waals surface area contributed by atoms with Gasteiger partial charge in [0.2, 0.25) is 5.91 Å². The summed E-state index contributed by atoms with van der Waals surface area (Å²) in [4.78, 5) is 38.9. The van der Waals surface area contributed by atoms with Gasteiger partial charge in [-0.15, -0.1) is 0 Å². The van der Waals surface area contributed by atoms with Crippen LogP contribution < -0.4 is 19.3 Å². The molecule has 11 heteroatoms. The number of para-hydroxylation sites is 3. The van der Waals surface area contributed by atoms with E-state index in [1.54, 1.807) is 36.4 Å². The number of esters is 1. The Morgan fingerprint density at radius 2 is 1.73 bits per heavy atom. The summed E-state index contributed by atoms with van der Waals surface area (Å²) in [7, 11) is -2.63. The van der Waals surface area contributed by atoms with E-state index in [9.17, 15) is 22.8 Å². The predicted octanol–water partition coefficient (Wildman–Crippen LogP) is 2.59. The van der Waals surface area contributed by atoms with E-state index in [0.29, 0.717) is 23.5 Å². The summed E-state index contributed by atoms with van der Waals surface area (Å²) in [6.07, 6.45) is 0.584. The molecule has 0 aliphatic carbocycles. The van der Waals surface area contributed by atoms with Crippen LogP contribution in [-0.2, 0) is 30.8 Å². The molecule has 3 aromatic rings. The third-order valence-electron chi connectivity index (χ3n) is 6.22. The van der Waals surface area contributed by atoms with E-state index < -0.39 is 28.5 Å². The van der Waals surface area contributed by atoms with E-state index in [1.165, 1.54) is 34.5 Å². The Labute approximate surface area is 213 Å². The molecule has 190 valence electrons. The molecule has 0 radical (unpaired) electrons. The Balaban J connectivity index is 1.36. The first-order valence-electron chi connectivity index (χ1n) is 11.4. The molecule has 0 atom stereocenters. The van der Waals surface area contributed by atoms with Crippen LogP contribution in [0.5, 0.6) is 5.75 Å². The van der Waals surface area contributed by atoms with Crippen molar-refractivity contribution in [2.75, 3.05) is 41.3 Å². The van der Waals surface area contributed by atoms with Crippen LogP contribution >= 0.6 is 0 Å². The molecule has 0 bridgehead atoms. The first-order valence-corrected chi connectivity index (χ1v) is 12.9. The number of hydrogen-bond donors (Lipinski definition) is 1. The Kier molecular flexibility index (Phi) is 6.30. The zero-order valence-electron chi connectivity index (χ0n) is 19.8. The highest BCUT2D eigenvalue weighted by atomic mass is 32.2. The number of amides is 2. The van der Waals surface area contributed by atoms with Gasteiger partial charge in [0.1, 0.15) is 17.9 Å². The lowest BCUT2D eigenvalue weighted by Crippen LogP contribution is -2.44. The molecule has 0 spiro atoms. The third kappa shape index (κ3) is 4.49. The maximum atomic E-state index is 13.4. The van der Waals surface area contributed by atoms with Crippen LogP contribution in [0, 0.1) is 0 Å². The van der Waals surface area contributed by atoms with Crippen LogP contribution in [-0.4, -0.2) is 53.0 Å². The number of sulfonamides is 1. The molecule has 2 amide bonds. The number of nitrogens with zero attached hydrogens (tertiary/aromatic N) is 2. The monoisotopic (exact) mass is 521 g/mol. The summed E-state index contributed by atoms with van der Waals surface area (Å²) >= 11 is 0. The topological polar surface area (TPSA) is 122 Å². The molecule has 0 fully saturated rings. The first-order chi connectivity index (χ1) is 17.8. The molecule has 0 saturated heterocycles.